The van der Waals surface area contributed by atoms with Gasteiger partial charge in [-0.3, -0.25) is 0 Å². The lowest BCUT2D eigenvalue weighted by atomic mass is 9.95. The van der Waals surface area contributed by atoms with Gasteiger partial charge in [-0.05, 0) is 30.7 Å². The third kappa shape index (κ3) is 4.07. The summed E-state index contributed by atoms with van der Waals surface area (Å²) < 4.78 is 26.8. The highest BCUT2D eigenvalue weighted by molar-refractivity contribution is 5.94. The lowest BCUT2D eigenvalue weighted by Gasteiger charge is -2.17. The van der Waals surface area contributed by atoms with E-state index in [1.165, 1.54) is 7.11 Å². The van der Waals surface area contributed by atoms with Gasteiger partial charge in [0.1, 0.15) is 5.69 Å². The number of benzene rings is 1. The SMILES string of the molecule is COCCc1c(C(=O)OC)[nH]c(CCN)c1-c1ccc(OC)c(OC)c1OC. The van der Waals surface area contributed by atoms with Crippen molar-refractivity contribution in [3.63, 3.8) is 0 Å². The van der Waals surface area contributed by atoms with E-state index < -0.39 is 5.97 Å². The Hall–Kier alpha value is -2.71. The topological polar surface area (TPSA) is 105 Å². The number of nitrogens with two attached hydrogens (primary N) is 1. The molecule has 0 saturated carbocycles. The Morgan fingerprint density at radius 1 is 1.00 bits per heavy atom. The molecular formula is C20H28N2O6. The predicted octanol–water partition coefficient (Wildman–Crippen LogP) is 2.18. The van der Waals surface area contributed by atoms with Crippen LogP contribution < -0.4 is 19.9 Å². The number of esters is 1. The van der Waals surface area contributed by atoms with Crippen molar-refractivity contribution >= 4 is 5.97 Å². The number of nitrogens with one attached hydrogen (secondary N) is 1. The zero-order valence-corrected chi connectivity index (χ0v) is 17.0. The molecule has 0 atom stereocenters. The van der Waals surface area contributed by atoms with Gasteiger partial charge in [-0.2, -0.15) is 0 Å². The molecule has 0 aliphatic heterocycles. The Kier molecular flexibility index (Phi) is 7.71. The van der Waals surface area contributed by atoms with Crippen molar-refractivity contribution in [2.45, 2.75) is 12.8 Å². The van der Waals surface area contributed by atoms with Crippen molar-refractivity contribution in [2.24, 2.45) is 5.73 Å². The van der Waals surface area contributed by atoms with Crippen LogP contribution in [0.25, 0.3) is 11.1 Å². The van der Waals surface area contributed by atoms with Gasteiger partial charge in [0.2, 0.25) is 5.75 Å². The number of aromatic amines is 1. The highest BCUT2D eigenvalue weighted by atomic mass is 16.5. The van der Waals surface area contributed by atoms with Crippen LogP contribution in [-0.2, 0) is 22.3 Å². The first-order chi connectivity index (χ1) is 13.6. The summed E-state index contributed by atoms with van der Waals surface area (Å²) in [5, 5.41) is 0. The van der Waals surface area contributed by atoms with Gasteiger partial charge in [-0.25, -0.2) is 4.79 Å². The van der Waals surface area contributed by atoms with E-state index in [2.05, 4.69) is 4.98 Å². The van der Waals surface area contributed by atoms with Crippen molar-refractivity contribution in [3.8, 4) is 28.4 Å². The summed E-state index contributed by atoms with van der Waals surface area (Å²) in [6, 6.07) is 3.68. The van der Waals surface area contributed by atoms with Gasteiger partial charge >= 0.3 is 5.97 Å². The number of ether oxygens (including phenoxy) is 5. The van der Waals surface area contributed by atoms with E-state index >= 15 is 0 Å². The number of aromatic nitrogens is 1. The first kappa shape index (κ1) is 21.6. The molecule has 28 heavy (non-hydrogen) atoms. The Labute approximate surface area is 164 Å². The van der Waals surface area contributed by atoms with E-state index in [1.807, 2.05) is 6.07 Å². The van der Waals surface area contributed by atoms with Crippen LogP contribution in [0.2, 0.25) is 0 Å². The second-order valence-electron chi connectivity index (χ2n) is 5.99. The summed E-state index contributed by atoms with van der Waals surface area (Å²) in [5.41, 5.74) is 9.39. The molecule has 154 valence electrons. The molecule has 1 heterocycles. The second-order valence-corrected chi connectivity index (χ2v) is 5.99. The molecular weight excluding hydrogens is 364 g/mol. The largest absolute Gasteiger partial charge is 0.493 e. The molecule has 0 aliphatic rings. The van der Waals surface area contributed by atoms with Crippen LogP contribution in [0.4, 0.5) is 0 Å². The molecule has 2 rings (SSSR count). The van der Waals surface area contributed by atoms with Crippen molar-refractivity contribution < 1.29 is 28.5 Å². The lowest BCUT2D eigenvalue weighted by molar-refractivity contribution is 0.0593. The van der Waals surface area contributed by atoms with Crippen molar-refractivity contribution in [3.05, 3.63) is 29.1 Å². The number of H-pyrrole nitrogens is 1. The number of methoxy groups -OCH3 is 5. The fourth-order valence-electron chi connectivity index (χ4n) is 3.28. The molecule has 8 nitrogen and oxygen atoms in total. The Bertz CT molecular complexity index is 816. The van der Waals surface area contributed by atoms with Gasteiger partial charge < -0.3 is 34.4 Å². The molecule has 0 fully saturated rings. The third-order valence-corrected chi connectivity index (χ3v) is 4.49. The zero-order chi connectivity index (χ0) is 20.7. The number of carbonyl (C=O) groups is 1. The van der Waals surface area contributed by atoms with Crippen LogP contribution in [0.3, 0.4) is 0 Å². The molecule has 0 amide bonds. The number of rotatable bonds is 10. The summed E-state index contributed by atoms with van der Waals surface area (Å²) in [6.45, 7) is 0.847. The molecule has 0 aliphatic carbocycles. The van der Waals surface area contributed by atoms with Crippen molar-refractivity contribution in [2.75, 3.05) is 48.7 Å². The molecule has 0 saturated heterocycles. The standard InChI is InChI=1S/C20H28N2O6/c1-24-11-9-12-16(14(8-10-21)22-17(12)20(23)28-5)13-6-7-15(25-2)19(27-4)18(13)26-3/h6-7,22H,8-11,21H2,1-5H3. The molecule has 0 radical (unpaired) electrons. The van der Waals surface area contributed by atoms with E-state index in [0.29, 0.717) is 48.9 Å². The molecule has 1 aromatic heterocycles. The Balaban J connectivity index is 2.82. The Morgan fingerprint density at radius 3 is 2.25 bits per heavy atom. The van der Waals surface area contributed by atoms with Gasteiger partial charge in [0.05, 0.1) is 35.0 Å². The van der Waals surface area contributed by atoms with Crippen molar-refractivity contribution in [1.82, 2.24) is 4.98 Å². The van der Waals surface area contributed by atoms with Gasteiger partial charge in [-0.1, -0.05) is 0 Å². The van der Waals surface area contributed by atoms with E-state index in [9.17, 15) is 4.79 Å². The fourth-order valence-corrected chi connectivity index (χ4v) is 3.28. The summed E-state index contributed by atoms with van der Waals surface area (Å²) in [6.07, 6.45) is 1.05. The number of carbonyl (C=O) groups excluding carboxylic acids is 1. The second kappa shape index (κ2) is 10.0. The summed E-state index contributed by atoms with van der Waals surface area (Å²) in [7, 11) is 7.64. The quantitative estimate of drug-likeness (QED) is 0.597. The molecule has 0 bridgehead atoms. The van der Waals surface area contributed by atoms with Crippen molar-refractivity contribution in [1.29, 1.82) is 0 Å². The van der Waals surface area contributed by atoms with Crippen LogP contribution in [0.1, 0.15) is 21.7 Å². The minimum Gasteiger partial charge on any atom is -0.493 e. The minimum atomic E-state index is -0.449. The maximum absolute atomic E-state index is 12.4. The van der Waals surface area contributed by atoms with E-state index in [0.717, 1.165) is 22.4 Å². The van der Waals surface area contributed by atoms with Crippen LogP contribution in [0.15, 0.2) is 12.1 Å². The summed E-state index contributed by atoms with van der Waals surface area (Å²) in [4.78, 5) is 15.6. The maximum atomic E-state index is 12.4. The van der Waals surface area contributed by atoms with Crippen LogP contribution in [0, 0.1) is 0 Å². The molecule has 2 aromatic rings. The fraction of sp³-hybridized carbons (Fsp3) is 0.450. The minimum absolute atomic E-state index is 0.384. The normalized spacial score (nSPS) is 10.6. The average Bonchev–Trinajstić information content (AvgIpc) is 3.08. The molecule has 1 aromatic carbocycles. The predicted molar refractivity (Wildman–Crippen MR) is 106 cm³/mol. The van der Waals surface area contributed by atoms with Crippen LogP contribution in [-0.4, -0.2) is 59.7 Å². The summed E-state index contributed by atoms with van der Waals surface area (Å²) in [5.74, 6) is 1.08. The van der Waals surface area contributed by atoms with Gasteiger partial charge in [0.15, 0.2) is 11.5 Å². The highest BCUT2D eigenvalue weighted by Gasteiger charge is 2.27. The Morgan fingerprint density at radius 2 is 1.71 bits per heavy atom. The monoisotopic (exact) mass is 392 g/mol. The maximum Gasteiger partial charge on any atom is 0.354 e. The molecule has 0 spiro atoms. The molecule has 8 heteroatoms. The van der Waals surface area contributed by atoms with Crippen LogP contribution >= 0.6 is 0 Å². The molecule has 3 N–H and O–H groups in total. The first-order valence-corrected chi connectivity index (χ1v) is 8.88. The lowest BCUT2D eigenvalue weighted by Crippen LogP contribution is -2.07. The van der Waals surface area contributed by atoms with E-state index in [-0.39, 0.29) is 0 Å². The number of hydrogen-bond donors (Lipinski definition) is 2. The van der Waals surface area contributed by atoms with Gasteiger partial charge in [-0.15, -0.1) is 0 Å². The van der Waals surface area contributed by atoms with Gasteiger partial charge in [0, 0.05) is 30.4 Å². The van der Waals surface area contributed by atoms with Gasteiger partial charge in [0.25, 0.3) is 0 Å². The summed E-state index contributed by atoms with van der Waals surface area (Å²) >= 11 is 0. The van der Waals surface area contributed by atoms with E-state index in [4.69, 9.17) is 29.4 Å². The van der Waals surface area contributed by atoms with E-state index in [1.54, 1.807) is 34.5 Å². The molecule has 0 unspecified atom stereocenters. The third-order valence-electron chi connectivity index (χ3n) is 4.49. The number of hydrogen-bond acceptors (Lipinski definition) is 7. The highest BCUT2D eigenvalue weighted by Crippen LogP contribution is 2.46. The smallest absolute Gasteiger partial charge is 0.354 e. The van der Waals surface area contributed by atoms with Crippen LogP contribution in [0.5, 0.6) is 17.2 Å². The average molecular weight is 392 g/mol. The first-order valence-electron chi connectivity index (χ1n) is 8.88. The zero-order valence-electron chi connectivity index (χ0n) is 17.0.